The zero-order valence-corrected chi connectivity index (χ0v) is 19.4. The molecule has 0 heteroatoms. The van der Waals surface area contributed by atoms with E-state index in [-0.39, 0.29) is 0 Å². The Labute approximate surface area is 181 Å². The van der Waals surface area contributed by atoms with Crippen LogP contribution in [0.15, 0.2) is 24.3 Å². The van der Waals surface area contributed by atoms with E-state index in [1.165, 1.54) is 96.3 Å². The smallest absolute Gasteiger partial charge is 0.0162 e. The summed E-state index contributed by atoms with van der Waals surface area (Å²) in [5, 5.41) is 0. The molecule has 4 rings (SSSR count). The van der Waals surface area contributed by atoms with E-state index in [4.69, 9.17) is 0 Å². The molecule has 162 valence electrons. The van der Waals surface area contributed by atoms with Crippen LogP contribution in [0.2, 0.25) is 0 Å². The van der Waals surface area contributed by atoms with Gasteiger partial charge in [0.2, 0.25) is 0 Å². The predicted octanol–water partition coefficient (Wildman–Crippen LogP) is 9.25. The summed E-state index contributed by atoms with van der Waals surface area (Å²) in [6.07, 6.45) is 22.0. The summed E-state index contributed by atoms with van der Waals surface area (Å²) in [6.45, 7) is 4.73. The normalized spacial score (nSPS) is 36.1. The quantitative estimate of drug-likeness (QED) is 0.451. The fraction of sp³-hybridized carbons (Fsp3) is 0.793. The van der Waals surface area contributed by atoms with Gasteiger partial charge in [0.05, 0.1) is 0 Å². The molecule has 0 amide bonds. The fourth-order valence-corrected chi connectivity index (χ4v) is 7.22. The summed E-state index contributed by atoms with van der Waals surface area (Å²) in [6, 6.07) is 10.0. The lowest BCUT2D eigenvalue weighted by atomic mass is 9.68. The van der Waals surface area contributed by atoms with Gasteiger partial charge in [0.15, 0.2) is 0 Å². The van der Waals surface area contributed by atoms with E-state index in [9.17, 15) is 0 Å². The van der Waals surface area contributed by atoms with Crippen molar-refractivity contribution in [3.05, 3.63) is 35.4 Å². The topological polar surface area (TPSA) is 0 Å². The predicted molar refractivity (Wildman–Crippen MR) is 126 cm³/mol. The molecule has 1 aromatic carbocycles. The summed E-state index contributed by atoms with van der Waals surface area (Å²) in [4.78, 5) is 0. The molecule has 0 heterocycles. The largest absolute Gasteiger partial charge is 0.0654 e. The Morgan fingerprint density at radius 1 is 0.552 bits per heavy atom. The van der Waals surface area contributed by atoms with Gasteiger partial charge in [-0.15, -0.1) is 0 Å². The lowest BCUT2D eigenvalue weighted by molar-refractivity contribution is 0.158. The van der Waals surface area contributed by atoms with Crippen LogP contribution in [0.4, 0.5) is 0 Å². The SMILES string of the molecule is CCCC1CCC(c2ccc(C3CCC(C4CCC(CC)CC4)CC3)cc2)CC1. The Morgan fingerprint density at radius 2 is 0.966 bits per heavy atom. The Kier molecular flexibility index (Phi) is 7.77. The molecule has 0 radical (unpaired) electrons. The minimum Gasteiger partial charge on any atom is -0.0654 e. The van der Waals surface area contributed by atoms with Crippen molar-refractivity contribution >= 4 is 0 Å². The third-order valence-corrected chi connectivity index (χ3v) is 9.33. The number of benzene rings is 1. The second-order valence-corrected chi connectivity index (χ2v) is 11.0. The van der Waals surface area contributed by atoms with Gasteiger partial charge >= 0.3 is 0 Å². The van der Waals surface area contributed by atoms with Crippen molar-refractivity contribution in [3.8, 4) is 0 Å². The van der Waals surface area contributed by atoms with Crippen molar-refractivity contribution in [2.24, 2.45) is 23.7 Å². The highest BCUT2D eigenvalue weighted by Gasteiger charge is 2.31. The molecule has 3 aliphatic carbocycles. The summed E-state index contributed by atoms with van der Waals surface area (Å²) in [5.41, 5.74) is 3.27. The molecule has 0 nitrogen and oxygen atoms in total. The zero-order valence-electron chi connectivity index (χ0n) is 19.4. The minimum absolute atomic E-state index is 0.839. The summed E-state index contributed by atoms with van der Waals surface area (Å²) >= 11 is 0. The maximum absolute atomic E-state index is 2.50. The van der Waals surface area contributed by atoms with E-state index >= 15 is 0 Å². The highest BCUT2D eigenvalue weighted by molar-refractivity contribution is 5.28. The molecule has 29 heavy (non-hydrogen) atoms. The number of hydrogen-bond acceptors (Lipinski definition) is 0. The van der Waals surface area contributed by atoms with E-state index < -0.39 is 0 Å². The minimum atomic E-state index is 0.839. The molecule has 1 aromatic rings. The van der Waals surface area contributed by atoms with Crippen molar-refractivity contribution < 1.29 is 0 Å². The summed E-state index contributed by atoms with van der Waals surface area (Å²) in [7, 11) is 0. The Hall–Kier alpha value is -0.780. The van der Waals surface area contributed by atoms with E-state index in [1.54, 1.807) is 11.1 Å². The van der Waals surface area contributed by atoms with Crippen LogP contribution < -0.4 is 0 Å². The van der Waals surface area contributed by atoms with Crippen LogP contribution in [-0.4, -0.2) is 0 Å². The Balaban J connectivity index is 1.24. The lowest BCUT2D eigenvalue weighted by Gasteiger charge is -2.38. The van der Waals surface area contributed by atoms with Gasteiger partial charge in [-0.2, -0.15) is 0 Å². The highest BCUT2D eigenvalue weighted by Crippen LogP contribution is 2.45. The van der Waals surface area contributed by atoms with E-state index in [0.717, 1.165) is 35.5 Å². The van der Waals surface area contributed by atoms with Gasteiger partial charge in [0.1, 0.15) is 0 Å². The van der Waals surface area contributed by atoms with Gasteiger partial charge in [-0.05, 0) is 111 Å². The van der Waals surface area contributed by atoms with Crippen LogP contribution in [0.25, 0.3) is 0 Å². The molecule has 0 atom stereocenters. The molecule has 0 N–H and O–H groups in total. The fourth-order valence-electron chi connectivity index (χ4n) is 7.22. The van der Waals surface area contributed by atoms with Gasteiger partial charge in [-0.25, -0.2) is 0 Å². The monoisotopic (exact) mass is 394 g/mol. The van der Waals surface area contributed by atoms with Crippen molar-refractivity contribution in [3.63, 3.8) is 0 Å². The average molecular weight is 395 g/mol. The molecule has 0 spiro atoms. The van der Waals surface area contributed by atoms with Crippen molar-refractivity contribution in [1.29, 1.82) is 0 Å². The molecule has 3 aliphatic rings. The van der Waals surface area contributed by atoms with E-state index in [0.29, 0.717) is 0 Å². The van der Waals surface area contributed by atoms with Crippen LogP contribution in [0.5, 0.6) is 0 Å². The lowest BCUT2D eigenvalue weighted by Crippen LogP contribution is -2.25. The van der Waals surface area contributed by atoms with Crippen LogP contribution in [0.1, 0.15) is 133 Å². The Bertz CT molecular complexity index is 575. The van der Waals surface area contributed by atoms with Gasteiger partial charge in [-0.1, -0.05) is 70.2 Å². The van der Waals surface area contributed by atoms with E-state index in [2.05, 4.69) is 38.1 Å². The summed E-state index contributed by atoms with van der Waals surface area (Å²) < 4.78 is 0. The molecule has 0 aromatic heterocycles. The Morgan fingerprint density at radius 3 is 1.41 bits per heavy atom. The molecular weight excluding hydrogens is 348 g/mol. The van der Waals surface area contributed by atoms with Gasteiger partial charge in [-0.3, -0.25) is 0 Å². The molecule has 3 fully saturated rings. The van der Waals surface area contributed by atoms with Crippen molar-refractivity contribution in [1.82, 2.24) is 0 Å². The molecule has 0 bridgehead atoms. The van der Waals surface area contributed by atoms with E-state index in [1.807, 2.05) is 0 Å². The second kappa shape index (κ2) is 10.5. The standard InChI is InChI=1S/C29H46/c1-3-5-23-8-12-25(13-9-23)27-16-20-29(21-17-27)28-18-14-26(15-19-28)24-10-6-22(4-2)7-11-24/h16-17,20-26,28H,3-15,18-19H2,1-2H3. The molecule has 0 saturated heterocycles. The maximum Gasteiger partial charge on any atom is -0.0162 e. The van der Waals surface area contributed by atoms with Crippen LogP contribution in [0.3, 0.4) is 0 Å². The highest BCUT2D eigenvalue weighted by atomic mass is 14.4. The average Bonchev–Trinajstić information content (AvgIpc) is 2.80. The van der Waals surface area contributed by atoms with Crippen molar-refractivity contribution in [2.45, 2.75) is 122 Å². The van der Waals surface area contributed by atoms with Gasteiger partial charge in [0, 0.05) is 0 Å². The van der Waals surface area contributed by atoms with Crippen LogP contribution >= 0.6 is 0 Å². The first-order valence-electron chi connectivity index (χ1n) is 13.4. The zero-order chi connectivity index (χ0) is 20.1. The molecule has 3 saturated carbocycles. The van der Waals surface area contributed by atoms with Gasteiger partial charge in [0.25, 0.3) is 0 Å². The first kappa shape index (κ1) is 21.5. The molecule has 0 aliphatic heterocycles. The van der Waals surface area contributed by atoms with Gasteiger partial charge < -0.3 is 0 Å². The third-order valence-electron chi connectivity index (χ3n) is 9.33. The first-order valence-corrected chi connectivity index (χ1v) is 13.4. The second-order valence-electron chi connectivity index (χ2n) is 11.0. The number of hydrogen-bond donors (Lipinski definition) is 0. The van der Waals surface area contributed by atoms with Crippen molar-refractivity contribution in [2.75, 3.05) is 0 Å². The number of rotatable bonds is 6. The maximum atomic E-state index is 2.50. The van der Waals surface area contributed by atoms with Crippen LogP contribution in [0, 0.1) is 23.7 Å². The summed E-state index contributed by atoms with van der Waals surface area (Å²) in [5.74, 6) is 5.84. The molecule has 0 unspecified atom stereocenters. The first-order chi connectivity index (χ1) is 14.3. The van der Waals surface area contributed by atoms with Crippen LogP contribution in [-0.2, 0) is 0 Å². The molecular formula is C29H46. The third kappa shape index (κ3) is 5.48.